The van der Waals surface area contributed by atoms with Crippen LogP contribution in [0.15, 0.2) is 12.1 Å². The SMILES string of the molecule is Cc1cc(C(=O)NCC(C)(C)N)cc(C)c1OC(F)F. The van der Waals surface area contributed by atoms with Crippen LogP contribution in [0.2, 0.25) is 0 Å². The molecule has 0 heterocycles. The minimum absolute atomic E-state index is 0.107. The van der Waals surface area contributed by atoms with Crippen molar-refractivity contribution in [1.29, 1.82) is 0 Å². The van der Waals surface area contributed by atoms with Crippen LogP contribution >= 0.6 is 0 Å². The van der Waals surface area contributed by atoms with E-state index in [9.17, 15) is 13.6 Å². The lowest BCUT2D eigenvalue weighted by atomic mass is 10.0. The van der Waals surface area contributed by atoms with Crippen LogP contribution in [-0.4, -0.2) is 24.6 Å². The van der Waals surface area contributed by atoms with Gasteiger partial charge in [0, 0.05) is 17.6 Å². The van der Waals surface area contributed by atoms with Crippen molar-refractivity contribution >= 4 is 5.91 Å². The number of ether oxygens (including phenoxy) is 1. The van der Waals surface area contributed by atoms with Gasteiger partial charge in [0.15, 0.2) is 0 Å². The lowest BCUT2D eigenvalue weighted by Gasteiger charge is -2.19. The molecule has 1 amide bonds. The number of halogens is 2. The van der Waals surface area contributed by atoms with Gasteiger partial charge in [0.1, 0.15) is 5.75 Å². The number of rotatable bonds is 5. The second kappa shape index (κ2) is 6.17. The van der Waals surface area contributed by atoms with Gasteiger partial charge in [0.05, 0.1) is 0 Å². The number of benzene rings is 1. The molecule has 0 bridgehead atoms. The molecule has 0 fully saturated rings. The molecule has 0 spiro atoms. The first-order chi connectivity index (χ1) is 9.10. The predicted octanol–water partition coefficient (Wildman–Crippen LogP) is 2.37. The zero-order valence-electron chi connectivity index (χ0n) is 12.1. The van der Waals surface area contributed by atoms with E-state index in [1.807, 2.05) is 0 Å². The van der Waals surface area contributed by atoms with E-state index in [4.69, 9.17) is 5.73 Å². The maximum atomic E-state index is 12.3. The summed E-state index contributed by atoms with van der Waals surface area (Å²) in [7, 11) is 0. The summed E-state index contributed by atoms with van der Waals surface area (Å²) in [6.45, 7) is 4.26. The summed E-state index contributed by atoms with van der Waals surface area (Å²) in [6.07, 6.45) is 0. The summed E-state index contributed by atoms with van der Waals surface area (Å²) in [5.74, 6) is -0.186. The van der Waals surface area contributed by atoms with Gasteiger partial charge in [-0.3, -0.25) is 4.79 Å². The van der Waals surface area contributed by atoms with Crippen LogP contribution in [0.3, 0.4) is 0 Å². The van der Waals surface area contributed by atoms with Gasteiger partial charge >= 0.3 is 6.61 Å². The number of hydrogen-bond donors (Lipinski definition) is 2. The molecule has 1 rings (SSSR count). The zero-order valence-corrected chi connectivity index (χ0v) is 12.1. The van der Waals surface area contributed by atoms with Crippen molar-refractivity contribution in [2.45, 2.75) is 39.8 Å². The fourth-order valence-electron chi connectivity index (χ4n) is 1.77. The van der Waals surface area contributed by atoms with E-state index in [0.29, 0.717) is 23.2 Å². The van der Waals surface area contributed by atoms with E-state index in [2.05, 4.69) is 10.1 Å². The molecule has 20 heavy (non-hydrogen) atoms. The second-order valence-corrected chi connectivity index (χ2v) is 5.49. The number of nitrogens with two attached hydrogens (primary N) is 1. The summed E-state index contributed by atoms with van der Waals surface area (Å²) >= 11 is 0. The van der Waals surface area contributed by atoms with Crippen LogP contribution < -0.4 is 15.8 Å². The largest absolute Gasteiger partial charge is 0.434 e. The third kappa shape index (κ3) is 4.77. The van der Waals surface area contributed by atoms with Crippen molar-refractivity contribution in [3.8, 4) is 5.75 Å². The molecule has 3 N–H and O–H groups in total. The quantitative estimate of drug-likeness (QED) is 0.873. The average molecular weight is 286 g/mol. The van der Waals surface area contributed by atoms with Crippen molar-refractivity contribution in [3.63, 3.8) is 0 Å². The molecule has 0 saturated carbocycles. The van der Waals surface area contributed by atoms with E-state index in [-0.39, 0.29) is 11.7 Å². The van der Waals surface area contributed by atoms with Gasteiger partial charge < -0.3 is 15.8 Å². The number of carbonyl (C=O) groups is 1. The van der Waals surface area contributed by atoms with E-state index >= 15 is 0 Å². The summed E-state index contributed by atoms with van der Waals surface area (Å²) in [6, 6.07) is 3.03. The number of hydrogen-bond acceptors (Lipinski definition) is 3. The second-order valence-electron chi connectivity index (χ2n) is 5.49. The van der Waals surface area contributed by atoms with Gasteiger partial charge in [-0.05, 0) is 51.0 Å². The van der Waals surface area contributed by atoms with Gasteiger partial charge in [-0.25, -0.2) is 0 Å². The molecule has 0 aliphatic heterocycles. The van der Waals surface area contributed by atoms with Crippen molar-refractivity contribution in [3.05, 3.63) is 28.8 Å². The van der Waals surface area contributed by atoms with Crippen molar-refractivity contribution in [2.75, 3.05) is 6.54 Å². The van der Waals surface area contributed by atoms with Gasteiger partial charge in [-0.15, -0.1) is 0 Å². The normalized spacial score (nSPS) is 11.6. The van der Waals surface area contributed by atoms with Crippen LogP contribution in [0, 0.1) is 13.8 Å². The third-order valence-electron chi connectivity index (χ3n) is 2.63. The fourth-order valence-corrected chi connectivity index (χ4v) is 1.77. The standard InChI is InChI=1S/C14H20F2N2O2/c1-8-5-10(12(19)18-7-14(3,4)17)6-9(2)11(8)20-13(15)16/h5-6,13H,7,17H2,1-4H3,(H,18,19). The Morgan fingerprint density at radius 3 is 2.25 bits per heavy atom. The highest BCUT2D eigenvalue weighted by Gasteiger charge is 2.16. The highest BCUT2D eigenvalue weighted by Crippen LogP contribution is 2.26. The van der Waals surface area contributed by atoms with E-state index < -0.39 is 12.2 Å². The minimum Gasteiger partial charge on any atom is -0.434 e. The molecule has 0 unspecified atom stereocenters. The van der Waals surface area contributed by atoms with E-state index in [1.165, 1.54) is 12.1 Å². The Hall–Kier alpha value is -1.69. The van der Waals surface area contributed by atoms with Crippen molar-refractivity contribution in [1.82, 2.24) is 5.32 Å². The molecule has 4 nitrogen and oxygen atoms in total. The first-order valence-electron chi connectivity index (χ1n) is 6.23. The smallest absolute Gasteiger partial charge is 0.387 e. The highest BCUT2D eigenvalue weighted by molar-refractivity contribution is 5.95. The van der Waals surface area contributed by atoms with Crippen LogP contribution in [0.25, 0.3) is 0 Å². The summed E-state index contributed by atoms with van der Waals surface area (Å²) in [4.78, 5) is 12.0. The molecule has 0 aliphatic carbocycles. The monoisotopic (exact) mass is 286 g/mol. The molecule has 112 valence electrons. The first-order valence-corrected chi connectivity index (χ1v) is 6.23. The van der Waals surface area contributed by atoms with Crippen LogP contribution in [0.5, 0.6) is 5.75 Å². The lowest BCUT2D eigenvalue weighted by molar-refractivity contribution is -0.0507. The first kappa shape index (κ1) is 16.4. The Labute approximate surface area is 117 Å². The van der Waals surface area contributed by atoms with Crippen LogP contribution in [-0.2, 0) is 0 Å². The Morgan fingerprint density at radius 1 is 1.35 bits per heavy atom. The molecule has 0 aliphatic rings. The fraction of sp³-hybridized carbons (Fsp3) is 0.500. The average Bonchev–Trinajstić information content (AvgIpc) is 2.29. The number of alkyl halides is 2. The molecule has 1 aromatic rings. The molecule has 0 atom stereocenters. The van der Waals surface area contributed by atoms with Crippen LogP contribution in [0.1, 0.15) is 35.3 Å². The van der Waals surface area contributed by atoms with Gasteiger partial charge in [-0.1, -0.05) is 0 Å². The van der Waals surface area contributed by atoms with E-state index in [1.54, 1.807) is 27.7 Å². The van der Waals surface area contributed by atoms with E-state index in [0.717, 1.165) is 0 Å². The summed E-state index contributed by atoms with van der Waals surface area (Å²) < 4.78 is 29.0. The van der Waals surface area contributed by atoms with Crippen molar-refractivity contribution < 1.29 is 18.3 Å². The number of amides is 1. The molecule has 0 aromatic heterocycles. The molecule has 0 radical (unpaired) electrons. The van der Waals surface area contributed by atoms with Gasteiger partial charge in [0.25, 0.3) is 5.91 Å². The molecular weight excluding hydrogens is 266 g/mol. The van der Waals surface area contributed by atoms with Gasteiger partial charge in [-0.2, -0.15) is 8.78 Å². The van der Waals surface area contributed by atoms with Crippen LogP contribution in [0.4, 0.5) is 8.78 Å². The molecule has 6 heteroatoms. The third-order valence-corrected chi connectivity index (χ3v) is 2.63. The topological polar surface area (TPSA) is 64.4 Å². The summed E-state index contributed by atoms with van der Waals surface area (Å²) in [5, 5.41) is 2.70. The predicted molar refractivity (Wildman–Crippen MR) is 73.1 cm³/mol. The Balaban J connectivity index is 2.90. The molecular formula is C14H20F2N2O2. The molecule has 1 aromatic carbocycles. The summed E-state index contributed by atoms with van der Waals surface area (Å²) in [5.41, 5.74) is 6.64. The minimum atomic E-state index is -2.88. The Kier molecular flexibility index (Phi) is 5.05. The number of nitrogens with one attached hydrogen (secondary N) is 1. The lowest BCUT2D eigenvalue weighted by Crippen LogP contribution is -2.45. The number of aryl methyl sites for hydroxylation is 2. The maximum Gasteiger partial charge on any atom is 0.387 e. The Morgan fingerprint density at radius 2 is 1.85 bits per heavy atom. The zero-order chi connectivity index (χ0) is 15.5. The Bertz CT molecular complexity index is 473. The highest BCUT2D eigenvalue weighted by atomic mass is 19.3. The number of carbonyl (C=O) groups excluding carboxylic acids is 1. The van der Waals surface area contributed by atoms with Gasteiger partial charge in [0.2, 0.25) is 0 Å². The van der Waals surface area contributed by atoms with Crippen molar-refractivity contribution in [2.24, 2.45) is 5.73 Å². The maximum absolute atomic E-state index is 12.3. The molecule has 0 saturated heterocycles.